The Morgan fingerprint density at radius 3 is 3.08 bits per heavy atom. The third-order valence-corrected chi connectivity index (χ3v) is 2.10. The standard InChI is InChI=1S/C9H10FNO/c10-8-4-6(12)5-9-7(8)2-1-3-11-9/h4-5,11-12H,1-3H2. The van der Waals surface area contributed by atoms with Gasteiger partial charge in [0.1, 0.15) is 11.6 Å². The number of anilines is 1. The number of nitrogens with one attached hydrogen (secondary N) is 1. The van der Waals surface area contributed by atoms with Crippen molar-refractivity contribution in [1.29, 1.82) is 0 Å². The van der Waals surface area contributed by atoms with E-state index in [1.54, 1.807) is 6.07 Å². The van der Waals surface area contributed by atoms with Gasteiger partial charge >= 0.3 is 0 Å². The van der Waals surface area contributed by atoms with Gasteiger partial charge in [-0.05, 0) is 12.8 Å². The van der Waals surface area contributed by atoms with Crippen molar-refractivity contribution in [2.75, 3.05) is 11.9 Å². The maximum absolute atomic E-state index is 13.1. The molecule has 2 nitrogen and oxygen atoms in total. The molecule has 0 unspecified atom stereocenters. The number of phenols is 1. The van der Waals surface area contributed by atoms with Crippen molar-refractivity contribution < 1.29 is 9.50 Å². The molecule has 0 radical (unpaired) electrons. The van der Waals surface area contributed by atoms with Crippen LogP contribution < -0.4 is 5.32 Å². The smallest absolute Gasteiger partial charge is 0.132 e. The summed E-state index contributed by atoms with van der Waals surface area (Å²) in [7, 11) is 0. The number of benzene rings is 1. The van der Waals surface area contributed by atoms with Gasteiger partial charge in [0.25, 0.3) is 0 Å². The molecule has 12 heavy (non-hydrogen) atoms. The summed E-state index contributed by atoms with van der Waals surface area (Å²) < 4.78 is 13.1. The first kappa shape index (κ1) is 7.40. The topological polar surface area (TPSA) is 32.3 Å². The van der Waals surface area contributed by atoms with Crippen LogP contribution in [0.15, 0.2) is 12.1 Å². The number of halogens is 1. The van der Waals surface area contributed by atoms with Gasteiger partial charge in [-0.3, -0.25) is 0 Å². The summed E-state index contributed by atoms with van der Waals surface area (Å²) in [5.41, 5.74) is 1.43. The first-order chi connectivity index (χ1) is 5.77. The van der Waals surface area contributed by atoms with E-state index in [4.69, 9.17) is 5.11 Å². The molecular weight excluding hydrogens is 157 g/mol. The minimum atomic E-state index is -0.308. The van der Waals surface area contributed by atoms with Crippen LogP contribution in [-0.2, 0) is 6.42 Å². The Bertz CT molecular complexity index is 312. The summed E-state index contributed by atoms with van der Waals surface area (Å²) in [6.45, 7) is 0.857. The molecule has 0 amide bonds. The highest BCUT2D eigenvalue weighted by molar-refractivity contribution is 5.56. The molecule has 0 bridgehead atoms. The van der Waals surface area contributed by atoms with E-state index in [0.717, 1.165) is 31.1 Å². The van der Waals surface area contributed by atoms with E-state index < -0.39 is 0 Å². The third kappa shape index (κ3) is 1.11. The van der Waals surface area contributed by atoms with Crippen molar-refractivity contribution >= 4 is 5.69 Å². The van der Waals surface area contributed by atoms with Crippen LogP contribution in [0.4, 0.5) is 10.1 Å². The largest absolute Gasteiger partial charge is 0.508 e. The van der Waals surface area contributed by atoms with E-state index in [9.17, 15) is 4.39 Å². The molecule has 64 valence electrons. The zero-order valence-corrected chi connectivity index (χ0v) is 6.60. The van der Waals surface area contributed by atoms with Crippen LogP contribution in [0.5, 0.6) is 5.75 Å². The van der Waals surface area contributed by atoms with E-state index in [1.165, 1.54) is 0 Å². The van der Waals surface area contributed by atoms with E-state index >= 15 is 0 Å². The predicted molar refractivity (Wildman–Crippen MR) is 44.9 cm³/mol. The van der Waals surface area contributed by atoms with Crippen molar-refractivity contribution in [1.82, 2.24) is 0 Å². The monoisotopic (exact) mass is 167 g/mol. The molecule has 0 atom stereocenters. The minimum Gasteiger partial charge on any atom is -0.508 e. The van der Waals surface area contributed by atoms with Crippen molar-refractivity contribution in [3.63, 3.8) is 0 Å². The van der Waals surface area contributed by atoms with Gasteiger partial charge < -0.3 is 10.4 Å². The highest BCUT2D eigenvalue weighted by Crippen LogP contribution is 2.28. The summed E-state index contributed by atoms with van der Waals surface area (Å²) >= 11 is 0. The number of phenolic OH excluding ortho intramolecular Hbond substituents is 1. The summed E-state index contributed by atoms with van der Waals surface area (Å²) in [5, 5.41) is 12.1. The van der Waals surface area contributed by atoms with Crippen molar-refractivity contribution in [3.05, 3.63) is 23.5 Å². The molecule has 1 aliphatic heterocycles. The molecule has 1 aromatic carbocycles. The van der Waals surface area contributed by atoms with Gasteiger partial charge in [0.2, 0.25) is 0 Å². The van der Waals surface area contributed by atoms with Crippen LogP contribution >= 0.6 is 0 Å². The van der Waals surface area contributed by atoms with Crippen LogP contribution in [0.25, 0.3) is 0 Å². The van der Waals surface area contributed by atoms with Crippen molar-refractivity contribution in [2.45, 2.75) is 12.8 Å². The van der Waals surface area contributed by atoms with E-state index in [-0.39, 0.29) is 11.6 Å². The lowest BCUT2D eigenvalue weighted by atomic mass is 10.0. The molecule has 0 saturated carbocycles. The Morgan fingerprint density at radius 2 is 2.25 bits per heavy atom. The Balaban J connectivity index is 2.53. The maximum Gasteiger partial charge on any atom is 0.132 e. The molecule has 1 aromatic rings. The fourth-order valence-electron chi connectivity index (χ4n) is 1.52. The van der Waals surface area contributed by atoms with E-state index in [2.05, 4.69) is 5.32 Å². The third-order valence-electron chi connectivity index (χ3n) is 2.10. The fourth-order valence-corrected chi connectivity index (χ4v) is 1.52. The van der Waals surface area contributed by atoms with Crippen molar-refractivity contribution in [2.24, 2.45) is 0 Å². The quantitative estimate of drug-likeness (QED) is 0.618. The number of fused-ring (bicyclic) bond motifs is 1. The van der Waals surface area contributed by atoms with Crippen LogP contribution in [0.1, 0.15) is 12.0 Å². The Labute approximate surface area is 70.0 Å². The molecule has 2 rings (SSSR count). The first-order valence-electron chi connectivity index (χ1n) is 4.02. The average molecular weight is 167 g/mol. The number of hydrogen-bond donors (Lipinski definition) is 2. The Hall–Kier alpha value is -1.25. The van der Waals surface area contributed by atoms with Crippen LogP contribution in [0.2, 0.25) is 0 Å². The lowest BCUT2D eigenvalue weighted by Gasteiger charge is -2.18. The molecule has 2 N–H and O–H groups in total. The van der Waals surface area contributed by atoms with Gasteiger partial charge in [-0.2, -0.15) is 0 Å². The van der Waals surface area contributed by atoms with Gasteiger partial charge in [-0.15, -0.1) is 0 Å². The lowest BCUT2D eigenvalue weighted by molar-refractivity contribution is 0.467. The first-order valence-corrected chi connectivity index (χ1v) is 4.02. The Kier molecular flexibility index (Phi) is 1.64. The highest BCUT2D eigenvalue weighted by Gasteiger charge is 2.13. The Morgan fingerprint density at radius 1 is 1.42 bits per heavy atom. The summed E-state index contributed by atoms with van der Waals surface area (Å²) in [6, 6.07) is 2.73. The maximum atomic E-state index is 13.1. The normalized spacial score (nSPS) is 15.1. The van der Waals surface area contributed by atoms with Gasteiger partial charge in [0, 0.05) is 29.9 Å². The predicted octanol–water partition coefficient (Wildman–Crippen LogP) is 1.89. The molecule has 0 aliphatic carbocycles. The SMILES string of the molecule is Oc1cc(F)c2c(c1)NCCC2. The van der Waals surface area contributed by atoms with E-state index in [1.807, 2.05) is 0 Å². The van der Waals surface area contributed by atoms with E-state index in [0.29, 0.717) is 5.56 Å². The summed E-state index contributed by atoms with van der Waals surface area (Å²) in [4.78, 5) is 0. The van der Waals surface area contributed by atoms with Crippen LogP contribution in [0, 0.1) is 5.82 Å². The highest BCUT2D eigenvalue weighted by atomic mass is 19.1. The number of hydrogen-bond acceptors (Lipinski definition) is 2. The average Bonchev–Trinajstić information content (AvgIpc) is 2.04. The second kappa shape index (κ2) is 2.66. The van der Waals surface area contributed by atoms with Gasteiger partial charge in [-0.25, -0.2) is 4.39 Å². The molecule has 1 aliphatic rings. The molecule has 0 spiro atoms. The van der Waals surface area contributed by atoms with Crippen LogP contribution in [0.3, 0.4) is 0 Å². The molecule has 1 heterocycles. The van der Waals surface area contributed by atoms with Crippen LogP contribution in [-0.4, -0.2) is 11.7 Å². The molecular formula is C9H10FNO. The molecule has 0 fully saturated rings. The second-order valence-corrected chi connectivity index (χ2v) is 2.98. The number of rotatable bonds is 0. The van der Waals surface area contributed by atoms with Gasteiger partial charge in [-0.1, -0.05) is 0 Å². The molecule has 0 saturated heterocycles. The van der Waals surface area contributed by atoms with Gasteiger partial charge in [0.15, 0.2) is 0 Å². The summed E-state index contributed by atoms with van der Waals surface area (Å²) in [6.07, 6.45) is 1.71. The zero-order chi connectivity index (χ0) is 8.55. The minimum absolute atomic E-state index is 0.0133. The second-order valence-electron chi connectivity index (χ2n) is 2.98. The number of aromatic hydroxyl groups is 1. The lowest BCUT2D eigenvalue weighted by Crippen LogP contribution is -2.12. The van der Waals surface area contributed by atoms with Crippen molar-refractivity contribution in [3.8, 4) is 5.75 Å². The van der Waals surface area contributed by atoms with Gasteiger partial charge in [0.05, 0.1) is 0 Å². The molecule has 0 aromatic heterocycles. The zero-order valence-electron chi connectivity index (χ0n) is 6.60. The fraction of sp³-hybridized carbons (Fsp3) is 0.333. The summed E-state index contributed by atoms with van der Waals surface area (Å²) in [5.74, 6) is -0.321. The molecule has 3 heteroatoms.